The van der Waals surface area contributed by atoms with Crippen molar-refractivity contribution in [3.8, 4) is 17.0 Å². The molecule has 4 rings (SSSR count). The van der Waals surface area contributed by atoms with Crippen LogP contribution in [-0.4, -0.2) is 46.8 Å². The normalized spacial score (nSPS) is 16.4. The molecule has 0 atom stereocenters. The zero-order valence-corrected chi connectivity index (χ0v) is 16.9. The van der Waals surface area contributed by atoms with E-state index in [1.807, 2.05) is 18.3 Å². The molecule has 1 fully saturated rings. The molecule has 0 unspecified atom stereocenters. The second-order valence-electron chi connectivity index (χ2n) is 8.11. The Morgan fingerprint density at radius 1 is 1.32 bits per heavy atom. The monoisotopic (exact) mass is 382 g/mol. The second kappa shape index (κ2) is 8.35. The average Bonchev–Trinajstić information content (AvgIpc) is 3.11. The van der Waals surface area contributed by atoms with Gasteiger partial charge in [-0.25, -0.2) is 0 Å². The van der Waals surface area contributed by atoms with E-state index < -0.39 is 0 Å². The van der Waals surface area contributed by atoms with Gasteiger partial charge in [-0.2, -0.15) is 5.10 Å². The fourth-order valence-corrected chi connectivity index (χ4v) is 4.27. The molecule has 28 heavy (non-hydrogen) atoms. The van der Waals surface area contributed by atoms with E-state index >= 15 is 0 Å². The Balaban J connectivity index is 1.31. The van der Waals surface area contributed by atoms with E-state index in [2.05, 4.69) is 35.4 Å². The number of ether oxygens (including phenoxy) is 1. The minimum atomic E-state index is 0.00211. The molecule has 6 nitrogen and oxygen atoms in total. The number of hydrogen-bond donors (Lipinski definition) is 1. The van der Waals surface area contributed by atoms with Crippen LogP contribution in [0.15, 0.2) is 24.4 Å². The van der Waals surface area contributed by atoms with Gasteiger partial charge in [0.15, 0.2) is 0 Å². The fraction of sp³-hybridized carbons (Fsp3) is 0.545. The maximum Gasteiger partial charge on any atom is 0.241 e. The minimum Gasteiger partial charge on any atom is -0.488 e. The fourth-order valence-electron chi connectivity index (χ4n) is 4.27. The molecular formula is C22H30N4O2. The second-order valence-corrected chi connectivity index (χ2v) is 8.11. The number of fused-ring (bicyclic) bond motifs is 3. The Labute approximate surface area is 166 Å². The van der Waals surface area contributed by atoms with Crippen molar-refractivity contribution >= 4 is 5.91 Å². The van der Waals surface area contributed by atoms with Crippen molar-refractivity contribution in [2.24, 2.45) is 0 Å². The van der Waals surface area contributed by atoms with Crippen molar-refractivity contribution in [1.82, 2.24) is 20.0 Å². The summed E-state index contributed by atoms with van der Waals surface area (Å²) in [6.07, 6.45) is 8.52. The Kier molecular flexibility index (Phi) is 5.67. The largest absolute Gasteiger partial charge is 0.488 e. The number of rotatable bonds is 6. The van der Waals surface area contributed by atoms with Gasteiger partial charge in [0.05, 0.1) is 0 Å². The first-order chi connectivity index (χ1) is 13.6. The molecule has 1 aromatic carbocycles. The Bertz CT molecular complexity index is 839. The highest BCUT2D eigenvalue weighted by Crippen LogP contribution is 2.36. The van der Waals surface area contributed by atoms with E-state index in [0.29, 0.717) is 19.2 Å². The first kappa shape index (κ1) is 19.0. The SMILES string of the molecule is Cc1ccc2c(c1)-c1nn(CC(=O)NCCN(C)C3CCCCC3)cc1CO2. The van der Waals surface area contributed by atoms with E-state index in [9.17, 15) is 4.79 Å². The first-order valence-corrected chi connectivity index (χ1v) is 10.4. The van der Waals surface area contributed by atoms with Gasteiger partial charge < -0.3 is 15.0 Å². The van der Waals surface area contributed by atoms with Crippen LogP contribution in [0.3, 0.4) is 0 Å². The smallest absolute Gasteiger partial charge is 0.241 e. The summed E-state index contributed by atoms with van der Waals surface area (Å²) < 4.78 is 7.54. The van der Waals surface area contributed by atoms with Gasteiger partial charge in [0.25, 0.3) is 0 Å². The molecule has 0 bridgehead atoms. The third-order valence-corrected chi connectivity index (χ3v) is 5.90. The quantitative estimate of drug-likeness (QED) is 0.834. The lowest BCUT2D eigenvalue weighted by atomic mass is 9.94. The van der Waals surface area contributed by atoms with E-state index in [4.69, 9.17) is 4.74 Å². The molecule has 0 radical (unpaired) electrons. The summed E-state index contributed by atoms with van der Waals surface area (Å²) in [4.78, 5) is 14.8. The zero-order valence-electron chi connectivity index (χ0n) is 16.9. The third kappa shape index (κ3) is 4.22. The highest BCUT2D eigenvalue weighted by molar-refractivity contribution is 5.76. The van der Waals surface area contributed by atoms with Gasteiger partial charge in [0.2, 0.25) is 5.91 Å². The Morgan fingerprint density at radius 2 is 2.14 bits per heavy atom. The van der Waals surface area contributed by atoms with Crippen LogP contribution in [0.25, 0.3) is 11.3 Å². The van der Waals surface area contributed by atoms with Crippen molar-refractivity contribution in [1.29, 1.82) is 0 Å². The zero-order chi connectivity index (χ0) is 19.5. The van der Waals surface area contributed by atoms with Gasteiger partial charge in [-0.3, -0.25) is 9.48 Å². The molecule has 6 heteroatoms. The predicted octanol–water partition coefficient (Wildman–Crippen LogP) is 3.13. The maximum atomic E-state index is 12.4. The van der Waals surface area contributed by atoms with Crippen molar-refractivity contribution in [2.45, 2.75) is 58.2 Å². The van der Waals surface area contributed by atoms with Crippen LogP contribution in [0.2, 0.25) is 0 Å². The highest BCUT2D eigenvalue weighted by Gasteiger charge is 2.22. The van der Waals surface area contributed by atoms with Crippen molar-refractivity contribution in [3.63, 3.8) is 0 Å². The summed E-state index contributed by atoms with van der Waals surface area (Å²) >= 11 is 0. The number of hydrogen-bond acceptors (Lipinski definition) is 4. The lowest BCUT2D eigenvalue weighted by molar-refractivity contribution is -0.121. The van der Waals surface area contributed by atoms with Gasteiger partial charge in [-0.15, -0.1) is 0 Å². The first-order valence-electron chi connectivity index (χ1n) is 10.4. The van der Waals surface area contributed by atoms with Crippen molar-refractivity contribution < 1.29 is 9.53 Å². The number of aryl methyl sites for hydroxylation is 1. The summed E-state index contributed by atoms with van der Waals surface area (Å²) in [5.74, 6) is 0.862. The molecule has 1 N–H and O–H groups in total. The number of nitrogens with zero attached hydrogens (tertiary/aromatic N) is 3. The summed E-state index contributed by atoms with van der Waals surface area (Å²) in [5, 5.41) is 7.69. The number of benzene rings is 1. The van der Waals surface area contributed by atoms with Crippen LogP contribution in [0.1, 0.15) is 43.2 Å². The highest BCUT2D eigenvalue weighted by atomic mass is 16.5. The summed E-state index contributed by atoms with van der Waals surface area (Å²) in [6.45, 7) is 4.37. The van der Waals surface area contributed by atoms with Crippen molar-refractivity contribution in [3.05, 3.63) is 35.5 Å². The number of aromatic nitrogens is 2. The molecule has 1 aromatic heterocycles. The molecule has 0 spiro atoms. The van der Waals surface area contributed by atoms with Crippen LogP contribution in [0.4, 0.5) is 0 Å². The maximum absolute atomic E-state index is 12.4. The third-order valence-electron chi connectivity index (χ3n) is 5.90. The summed E-state index contributed by atoms with van der Waals surface area (Å²) in [7, 11) is 2.17. The molecule has 150 valence electrons. The van der Waals surface area contributed by atoms with E-state index in [1.54, 1.807) is 4.68 Å². The lowest BCUT2D eigenvalue weighted by Gasteiger charge is -2.31. The standard InChI is InChI=1S/C22H30N4O2/c1-16-8-9-20-19(12-16)22-17(15-28-20)13-26(24-22)14-21(27)23-10-11-25(2)18-6-4-3-5-7-18/h8-9,12-13,18H,3-7,10-11,14-15H2,1-2H3,(H,23,27). The molecule has 1 amide bonds. The number of likely N-dealkylation sites (N-methyl/N-ethyl adjacent to an activating group) is 1. The molecule has 1 aliphatic carbocycles. The number of carbonyl (C=O) groups is 1. The van der Waals surface area contributed by atoms with Crippen LogP contribution in [0, 0.1) is 6.92 Å². The number of carbonyl (C=O) groups excluding carboxylic acids is 1. The van der Waals surface area contributed by atoms with Crippen LogP contribution in [0.5, 0.6) is 5.75 Å². The van der Waals surface area contributed by atoms with Gasteiger partial charge in [0.1, 0.15) is 24.6 Å². The summed E-state index contributed by atoms with van der Waals surface area (Å²) in [5.41, 5.74) is 4.14. The lowest BCUT2D eigenvalue weighted by Crippen LogP contribution is -2.40. The molecule has 1 aliphatic heterocycles. The summed E-state index contributed by atoms with van der Waals surface area (Å²) in [6, 6.07) is 6.79. The van der Waals surface area contributed by atoms with E-state index in [-0.39, 0.29) is 12.5 Å². The molecule has 2 aliphatic rings. The van der Waals surface area contributed by atoms with Crippen LogP contribution in [-0.2, 0) is 17.9 Å². The van der Waals surface area contributed by atoms with Crippen LogP contribution >= 0.6 is 0 Å². The topological polar surface area (TPSA) is 59.4 Å². The number of nitrogens with one attached hydrogen (secondary N) is 1. The molecule has 0 saturated heterocycles. The Morgan fingerprint density at radius 3 is 2.96 bits per heavy atom. The molecular weight excluding hydrogens is 352 g/mol. The average molecular weight is 383 g/mol. The van der Waals surface area contributed by atoms with Gasteiger partial charge in [-0.05, 0) is 38.9 Å². The predicted molar refractivity (Wildman–Crippen MR) is 109 cm³/mol. The molecule has 2 aromatic rings. The Hall–Kier alpha value is -2.34. The van der Waals surface area contributed by atoms with Gasteiger partial charge >= 0.3 is 0 Å². The van der Waals surface area contributed by atoms with Crippen LogP contribution < -0.4 is 10.1 Å². The van der Waals surface area contributed by atoms with Crippen molar-refractivity contribution in [2.75, 3.05) is 20.1 Å². The van der Waals surface area contributed by atoms with E-state index in [0.717, 1.165) is 29.1 Å². The van der Waals surface area contributed by atoms with Gasteiger partial charge in [-0.1, -0.05) is 30.9 Å². The number of amides is 1. The molecule has 2 heterocycles. The minimum absolute atomic E-state index is 0.00211. The molecule has 1 saturated carbocycles. The van der Waals surface area contributed by atoms with Gasteiger partial charge in [0, 0.05) is 36.5 Å². The van der Waals surface area contributed by atoms with E-state index in [1.165, 1.54) is 37.7 Å².